The molecule has 0 amide bonds. The van der Waals surface area contributed by atoms with E-state index in [-0.39, 0.29) is 12.4 Å². The van der Waals surface area contributed by atoms with Crippen molar-refractivity contribution >= 4 is 12.4 Å². The average Bonchev–Trinajstić information content (AvgIpc) is 2.41. The van der Waals surface area contributed by atoms with Crippen molar-refractivity contribution in [2.45, 2.75) is 51.5 Å². The fourth-order valence-electron chi connectivity index (χ4n) is 3.28. The smallest absolute Gasteiger partial charge is 0.122 e. The van der Waals surface area contributed by atoms with E-state index in [2.05, 4.69) is 37.4 Å². The van der Waals surface area contributed by atoms with E-state index in [0.29, 0.717) is 12.0 Å². The minimum absolute atomic E-state index is 0. The van der Waals surface area contributed by atoms with E-state index < -0.39 is 0 Å². The van der Waals surface area contributed by atoms with Crippen LogP contribution in [0.5, 0.6) is 5.75 Å². The molecule has 1 aliphatic rings. The zero-order chi connectivity index (χ0) is 13.0. The number of benzene rings is 1. The zero-order valence-corrected chi connectivity index (χ0v) is 13.1. The highest BCUT2D eigenvalue weighted by Gasteiger charge is 2.30. The van der Waals surface area contributed by atoms with Gasteiger partial charge in [-0.2, -0.15) is 0 Å². The summed E-state index contributed by atoms with van der Waals surface area (Å²) >= 11 is 0. The van der Waals surface area contributed by atoms with Crippen molar-refractivity contribution in [1.82, 2.24) is 5.32 Å². The van der Waals surface area contributed by atoms with Crippen molar-refractivity contribution in [2.75, 3.05) is 13.7 Å². The molecule has 108 valence electrons. The first-order valence-corrected chi connectivity index (χ1v) is 7.20. The number of hydrogen-bond donors (Lipinski definition) is 1. The van der Waals surface area contributed by atoms with Gasteiger partial charge in [-0.1, -0.05) is 32.4 Å². The number of fused-ring (bicyclic) bond motifs is 1. The quantitative estimate of drug-likeness (QED) is 0.884. The standard InChI is InChI=1S/C16H25NO.ClH/c1-4-7-13-14(17-5-2)11-10-12-8-6-9-15(18-3)16(12)13;/h6,8-9,13-14,17H,4-5,7,10-11H2,1-3H3;1H. The topological polar surface area (TPSA) is 21.3 Å². The van der Waals surface area contributed by atoms with Crippen molar-refractivity contribution in [3.05, 3.63) is 29.3 Å². The molecule has 1 aromatic rings. The molecule has 2 nitrogen and oxygen atoms in total. The van der Waals surface area contributed by atoms with Crippen LogP contribution in [0.3, 0.4) is 0 Å². The van der Waals surface area contributed by atoms with Crippen LogP contribution in [0.2, 0.25) is 0 Å². The highest BCUT2D eigenvalue weighted by Crippen LogP contribution is 2.40. The molecule has 0 aromatic heterocycles. The Labute approximate surface area is 123 Å². The second-order valence-electron chi connectivity index (χ2n) is 5.13. The molecule has 2 rings (SSSR count). The summed E-state index contributed by atoms with van der Waals surface area (Å²) in [6.07, 6.45) is 4.89. The molecule has 1 aromatic carbocycles. The highest BCUT2D eigenvalue weighted by atomic mass is 35.5. The Balaban J connectivity index is 0.00000180. The first-order valence-electron chi connectivity index (χ1n) is 7.20. The second kappa shape index (κ2) is 7.76. The molecule has 1 aliphatic carbocycles. The SMILES string of the molecule is CCCC1c2c(cccc2OC)CCC1NCC.Cl. The Kier molecular flexibility index (Phi) is 6.67. The first kappa shape index (κ1) is 16.3. The maximum atomic E-state index is 5.59. The van der Waals surface area contributed by atoms with E-state index >= 15 is 0 Å². The molecule has 2 atom stereocenters. The van der Waals surface area contributed by atoms with E-state index in [0.717, 1.165) is 12.3 Å². The molecular formula is C16H26ClNO. The largest absolute Gasteiger partial charge is 0.496 e. The third-order valence-corrected chi connectivity index (χ3v) is 4.02. The number of rotatable bonds is 5. The van der Waals surface area contributed by atoms with Crippen LogP contribution in [0.1, 0.15) is 50.2 Å². The van der Waals surface area contributed by atoms with Gasteiger partial charge in [-0.3, -0.25) is 0 Å². The predicted molar refractivity (Wildman–Crippen MR) is 83.7 cm³/mol. The third kappa shape index (κ3) is 3.43. The minimum Gasteiger partial charge on any atom is -0.496 e. The third-order valence-electron chi connectivity index (χ3n) is 4.02. The molecule has 0 saturated carbocycles. The van der Waals surface area contributed by atoms with Gasteiger partial charge >= 0.3 is 0 Å². The van der Waals surface area contributed by atoms with Gasteiger partial charge in [-0.15, -0.1) is 12.4 Å². The summed E-state index contributed by atoms with van der Waals surface area (Å²) in [7, 11) is 1.79. The van der Waals surface area contributed by atoms with E-state index in [1.807, 2.05) is 0 Å². The summed E-state index contributed by atoms with van der Waals surface area (Å²) in [4.78, 5) is 0. The lowest BCUT2D eigenvalue weighted by molar-refractivity contribution is 0.350. The molecule has 0 bridgehead atoms. The monoisotopic (exact) mass is 283 g/mol. The summed E-state index contributed by atoms with van der Waals surface area (Å²) in [5.74, 6) is 1.68. The van der Waals surface area contributed by atoms with Crippen LogP contribution in [0.4, 0.5) is 0 Å². The lowest BCUT2D eigenvalue weighted by Gasteiger charge is -2.35. The summed E-state index contributed by atoms with van der Waals surface area (Å²) in [5, 5.41) is 3.66. The van der Waals surface area contributed by atoms with Crippen LogP contribution < -0.4 is 10.1 Å². The summed E-state index contributed by atoms with van der Waals surface area (Å²) < 4.78 is 5.59. The number of likely N-dealkylation sites (N-methyl/N-ethyl adjacent to an activating group) is 1. The number of ether oxygens (including phenoxy) is 1. The summed E-state index contributed by atoms with van der Waals surface area (Å²) in [6, 6.07) is 7.10. The number of methoxy groups -OCH3 is 1. The van der Waals surface area contributed by atoms with E-state index in [4.69, 9.17) is 4.74 Å². The van der Waals surface area contributed by atoms with E-state index in [1.165, 1.54) is 36.8 Å². The summed E-state index contributed by atoms with van der Waals surface area (Å²) in [6.45, 7) is 5.52. The van der Waals surface area contributed by atoms with E-state index in [1.54, 1.807) is 7.11 Å². The molecule has 0 fully saturated rings. The fraction of sp³-hybridized carbons (Fsp3) is 0.625. The maximum Gasteiger partial charge on any atom is 0.122 e. The molecule has 0 saturated heterocycles. The number of hydrogen-bond acceptors (Lipinski definition) is 2. The Morgan fingerprint density at radius 3 is 2.74 bits per heavy atom. The second-order valence-corrected chi connectivity index (χ2v) is 5.13. The highest BCUT2D eigenvalue weighted by molar-refractivity contribution is 5.85. The first-order chi connectivity index (χ1) is 8.81. The average molecular weight is 284 g/mol. The van der Waals surface area contributed by atoms with Crippen molar-refractivity contribution in [3.8, 4) is 5.75 Å². The van der Waals surface area contributed by atoms with Gasteiger partial charge in [0, 0.05) is 17.5 Å². The fourth-order valence-corrected chi connectivity index (χ4v) is 3.28. The lowest BCUT2D eigenvalue weighted by atomic mass is 9.76. The molecule has 3 heteroatoms. The van der Waals surface area contributed by atoms with Gasteiger partial charge in [0.15, 0.2) is 0 Å². The minimum atomic E-state index is 0. The Bertz CT molecular complexity index is 380. The Morgan fingerprint density at radius 1 is 1.32 bits per heavy atom. The Morgan fingerprint density at radius 2 is 2.11 bits per heavy atom. The van der Waals surface area contributed by atoms with Gasteiger partial charge in [0.25, 0.3) is 0 Å². The van der Waals surface area contributed by atoms with E-state index in [9.17, 15) is 0 Å². The molecule has 2 unspecified atom stereocenters. The van der Waals surface area contributed by atoms with Crippen LogP contribution in [-0.4, -0.2) is 19.7 Å². The van der Waals surface area contributed by atoms with Crippen molar-refractivity contribution < 1.29 is 4.74 Å². The molecule has 0 aliphatic heterocycles. The van der Waals surface area contributed by atoms with Gasteiger partial charge < -0.3 is 10.1 Å². The molecule has 0 spiro atoms. The van der Waals surface area contributed by atoms with Gasteiger partial charge in [0.2, 0.25) is 0 Å². The molecule has 1 N–H and O–H groups in total. The molecule has 19 heavy (non-hydrogen) atoms. The molecule has 0 heterocycles. The van der Waals surface area contributed by atoms with Crippen molar-refractivity contribution in [3.63, 3.8) is 0 Å². The van der Waals surface area contributed by atoms with Crippen molar-refractivity contribution in [1.29, 1.82) is 0 Å². The van der Waals surface area contributed by atoms with Gasteiger partial charge in [-0.25, -0.2) is 0 Å². The lowest BCUT2D eigenvalue weighted by Crippen LogP contribution is -2.38. The van der Waals surface area contributed by atoms with Gasteiger partial charge in [-0.05, 0) is 37.4 Å². The van der Waals surface area contributed by atoms with Crippen LogP contribution >= 0.6 is 12.4 Å². The normalized spacial score (nSPS) is 21.4. The zero-order valence-electron chi connectivity index (χ0n) is 12.2. The van der Waals surface area contributed by atoms with Gasteiger partial charge in [0.1, 0.15) is 5.75 Å². The van der Waals surface area contributed by atoms with Crippen LogP contribution in [0.15, 0.2) is 18.2 Å². The summed E-state index contributed by atoms with van der Waals surface area (Å²) in [5.41, 5.74) is 2.95. The number of nitrogens with one attached hydrogen (secondary N) is 1. The molecule has 0 radical (unpaired) electrons. The van der Waals surface area contributed by atoms with Crippen LogP contribution in [0.25, 0.3) is 0 Å². The maximum absolute atomic E-state index is 5.59. The number of halogens is 1. The van der Waals surface area contributed by atoms with Crippen molar-refractivity contribution in [2.24, 2.45) is 0 Å². The number of aryl methyl sites for hydroxylation is 1. The van der Waals surface area contributed by atoms with Gasteiger partial charge in [0.05, 0.1) is 7.11 Å². The predicted octanol–water partition coefficient (Wildman–Crippen LogP) is 3.93. The van der Waals surface area contributed by atoms with Crippen LogP contribution in [-0.2, 0) is 6.42 Å². The Hall–Kier alpha value is -0.730. The molecular weight excluding hydrogens is 258 g/mol. The van der Waals surface area contributed by atoms with Crippen LogP contribution in [0, 0.1) is 0 Å².